The second-order valence-electron chi connectivity index (χ2n) is 7.92. The van der Waals surface area contributed by atoms with Crippen LogP contribution in [0.5, 0.6) is 5.75 Å². The smallest absolute Gasteiger partial charge is 0.251 e. The van der Waals surface area contributed by atoms with Crippen LogP contribution in [0.4, 0.5) is 0 Å². The van der Waals surface area contributed by atoms with Crippen LogP contribution in [0.15, 0.2) is 23.1 Å². The first-order valence-electron chi connectivity index (χ1n) is 10.4. The number of hydrogen-bond donors (Lipinski definition) is 1. The molecule has 0 radical (unpaired) electrons. The van der Waals surface area contributed by atoms with Gasteiger partial charge in [0.05, 0.1) is 7.11 Å². The van der Waals surface area contributed by atoms with Crippen molar-refractivity contribution in [2.24, 2.45) is 11.8 Å². The first-order chi connectivity index (χ1) is 13.7. The van der Waals surface area contributed by atoms with Gasteiger partial charge >= 0.3 is 0 Å². The predicted molar refractivity (Wildman–Crippen MR) is 115 cm³/mol. The van der Waals surface area contributed by atoms with Gasteiger partial charge in [-0.15, -0.1) is 0 Å². The van der Waals surface area contributed by atoms with Crippen LogP contribution in [0.1, 0.15) is 44.5 Å². The van der Waals surface area contributed by atoms with Gasteiger partial charge in [-0.1, -0.05) is 27.7 Å². The van der Waals surface area contributed by atoms with Crippen LogP contribution >= 0.6 is 0 Å². The van der Waals surface area contributed by atoms with Gasteiger partial charge in [0.2, 0.25) is 10.0 Å². The Morgan fingerprint density at radius 1 is 1.21 bits per heavy atom. The van der Waals surface area contributed by atoms with Gasteiger partial charge in [-0.25, -0.2) is 8.42 Å². The lowest BCUT2D eigenvalue weighted by Gasteiger charge is -2.34. The van der Waals surface area contributed by atoms with E-state index in [0.29, 0.717) is 37.0 Å². The molecule has 1 N–H and O–H groups in total. The Balaban J connectivity index is 2.09. The summed E-state index contributed by atoms with van der Waals surface area (Å²) in [6.45, 7) is 12.2. The summed E-state index contributed by atoms with van der Waals surface area (Å²) in [4.78, 5) is 15.0. The molecule has 0 spiro atoms. The molecule has 1 amide bonds. The zero-order chi connectivity index (χ0) is 21.6. The third kappa shape index (κ3) is 5.93. The van der Waals surface area contributed by atoms with Crippen LogP contribution in [-0.2, 0) is 10.0 Å². The zero-order valence-electron chi connectivity index (χ0n) is 18.3. The highest BCUT2D eigenvalue weighted by molar-refractivity contribution is 7.89. The number of hydrogen-bond acceptors (Lipinski definition) is 5. The Morgan fingerprint density at radius 3 is 2.38 bits per heavy atom. The van der Waals surface area contributed by atoms with Crippen LogP contribution in [0.25, 0.3) is 0 Å². The van der Waals surface area contributed by atoms with Gasteiger partial charge in [0.15, 0.2) is 0 Å². The number of methoxy groups -OCH3 is 1. The van der Waals surface area contributed by atoms with Crippen LogP contribution in [0.3, 0.4) is 0 Å². The molecule has 1 aromatic carbocycles. The molecule has 8 heteroatoms. The molecule has 2 atom stereocenters. The van der Waals surface area contributed by atoms with E-state index >= 15 is 0 Å². The van der Waals surface area contributed by atoms with Gasteiger partial charge in [0, 0.05) is 44.8 Å². The lowest BCUT2D eigenvalue weighted by atomic mass is 9.92. The summed E-state index contributed by atoms with van der Waals surface area (Å²) < 4.78 is 32.5. The van der Waals surface area contributed by atoms with Gasteiger partial charge in [-0.2, -0.15) is 4.31 Å². The molecule has 0 aromatic heterocycles. The maximum atomic E-state index is 12.9. The van der Waals surface area contributed by atoms with Gasteiger partial charge in [0.1, 0.15) is 10.6 Å². The fourth-order valence-corrected chi connectivity index (χ4v) is 5.77. The highest BCUT2D eigenvalue weighted by Gasteiger charge is 2.27. The van der Waals surface area contributed by atoms with Crippen LogP contribution in [-0.4, -0.2) is 69.9 Å². The van der Waals surface area contributed by atoms with E-state index in [1.54, 1.807) is 26.0 Å². The topological polar surface area (TPSA) is 79.0 Å². The molecule has 0 bridgehead atoms. The molecule has 164 valence electrons. The summed E-state index contributed by atoms with van der Waals surface area (Å²) in [6.07, 6.45) is 1.25. The Labute approximate surface area is 175 Å². The SMILES string of the molecule is CCN(CC)S(=O)(=O)c1cc(C(=O)NCCN2CC(C)CC(C)C2)ccc1OC. The Kier molecular flexibility index (Phi) is 8.48. The summed E-state index contributed by atoms with van der Waals surface area (Å²) in [5.74, 6) is 1.30. The first kappa shape index (κ1) is 23.6. The molecular weight excluding hydrogens is 390 g/mol. The van der Waals surface area contributed by atoms with E-state index in [-0.39, 0.29) is 16.6 Å². The number of carbonyl (C=O) groups excluding carboxylic acids is 1. The molecule has 1 aliphatic heterocycles. The summed E-state index contributed by atoms with van der Waals surface area (Å²) >= 11 is 0. The van der Waals surface area contributed by atoms with Crippen LogP contribution < -0.4 is 10.1 Å². The Morgan fingerprint density at radius 2 is 1.83 bits per heavy atom. The van der Waals surface area contributed by atoms with Crippen LogP contribution in [0.2, 0.25) is 0 Å². The number of benzene rings is 1. The van der Waals surface area contributed by atoms with Crippen molar-refractivity contribution in [1.82, 2.24) is 14.5 Å². The van der Waals surface area contributed by atoms with Gasteiger partial charge in [0.25, 0.3) is 5.91 Å². The number of nitrogens with one attached hydrogen (secondary N) is 1. The lowest BCUT2D eigenvalue weighted by molar-refractivity contribution is 0.0936. The van der Waals surface area contributed by atoms with E-state index in [4.69, 9.17) is 4.74 Å². The molecule has 1 saturated heterocycles. The van der Waals surface area contributed by atoms with Crippen molar-refractivity contribution in [1.29, 1.82) is 0 Å². The largest absolute Gasteiger partial charge is 0.495 e. The molecule has 2 unspecified atom stereocenters. The zero-order valence-corrected chi connectivity index (χ0v) is 19.1. The van der Waals surface area contributed by atoms with E-state index in [2.05, 4.69) is 24.1 Å². The average Bonchev–Trinajstić information content (AvgIpc) is 2.67. The monoisotopic (exact) mass is 425 g/mol. The molecule has 2 rings (SSSR count). The van der Waals surface area contributed by atoms with Crippen molar-refractivity contribution in [2.75, 3.05) is 46.4 Å². The third-order valence-corrected chi connectivity index (χ3v) is 7.48. The van der Waals surface area contributed by atoms with E-state index < -0.39 is 10.0 Å². The fourth-order valence-electron chi connectivity index (χ4n) is 4.13. The van der Waals surface area contributed by atoms with Crippen LogP contribution in [0, 0.1) is 11.8 Å². The Hall–Kier alpha value is -1.64. The second kappa shape index (κ2) is 10.4. The normalized spacial score (nSPS) is 20.6. The summed E-state index contributed by atoms with van der Waals surface area (Å²) in [7, 11) is -2.30. The summed E-state index contributed by atoms with van der Waals surface area (Å²) in [5.41, 5.74) is 0.317. The minimum absolute atomic E-state index is 0.0232. The summed E-state index contributed by atoms with van der Waals surface area (Å²) in [6, 6.07) is 4.55. The fraction of sp³-hybridized carbons (Fsp3) is 0.667. The van der Waals surface area contributed by atoms with Gasteiger partial charge in [-0.3, -0.25) is 4.79 Å². The van der Waals surface area contributed by atoms with Crippen molar-refractivity contribution in [3.8, 4) is 5.75 Å². The number of sulfonamides is 1. The lowest BCUT2D eigenvalue weighted by Crippen LogP contribution is -2.42. The molecule has 29 heavy (non-hydrogen) atoms. The molecule has 0 saturated carbocycles. The number of rotatable bonds is 9. The summed E-state index contributed by atoms with van der Waals surface area (Å²) in [5, 5.41) is 2.92. The van der Waals surface area contributed by atoms with Gasteiger partial charge < -0.3 is 15.0 Å². The maximum absolute atomic E-state index is 12.9. The standard InChI is InChI=1S/C21H35N3O4S/c1-6-24(7-2)29(26,27)20-13-18(8-9-19(20)28-5)21(25)22-10-11-23-14-16(3)12-17(4)15-23/h8-9,13,16-17H,6-7,10-12,14-15H2,1-5H3,(H,22,25). The Bertz CT molecular complexity index is 783. The molecule has 1 fully saturated rings. The third-order valence-electron chi connectivity index (χ3n) is 5.41. The van der Waals surface area contributed by atoms with Crippen molar-refractivity contribution in [2.45, 2.75) is 39.0 Å². The molecular formula is C21H35N3O4S. The molecule has 1 aliphatic rings. The highest BCUT2D eigenvalue weighted by atomic mass is 32.2. The number of carbonyl (C=O) groups is 1. The van der Waals surface area contributed by atoms with E-state index in [1.807, 2.05) is 0 Å². The maximum Gasteiger partial charge on any atom is 0.251 e. The van der Waals surface area contributed by atoms with Gasteiger partial charge in [-0.05, 0) is 36.5 Å². The number of nitrogens with zero attached hydrogens (tertiary/aromatic N) is 2. The van der Waals surface area contributed by atoms with Crippen molar-refractivity contribution in [3.63, 3.8) is 0 Å². The van der Waals surface area contributed by atoms with Crippen molar-refractivity contribution < 1.29 is 17.9 Å². The predicted octanol–water partition coefficient (Wildman–Crippen LogP) is 2.43. The number of piperidine rings is 1. The minimum Gasteiger partial charge on any atom is -0.495 e. The minimum atomic E-state index is -3.73. The molecule has 7 nitrogen and oxygen atoms in total. The number of ether oxygens (including phenoxy) is 1. The average molecular weight is 426 g/mol. The second-order valence-corrected chi connectivity index (χ2v) is 9.82. The van der Waals surface area contributed by atoms with Crippen molar-refractivity contribution in [3.05, 3.63) is 23.8 Å². The van der Waals surface area contributed by atoms with Crippen molar-refractivity contribution >= 4 is 15.9 Å². The number of amides is 1. The van der Waals surface area contributed by atoms with E-state index in [1.165, 1.54) is 23.9 Å². The quantitative estimate of drug-likeness (QED) is 0.657. The molecule has 0 aliphatic carbocycles. The molecule has 1 heterocycles. The first-order valence-corrected chi connectivity index (χ1v) is 11.9. The number of likely N-dealkylation sites (tertiary alicyclic amines) is 1. The highest BCUT2D eigenvalue weighted by Crippen LogP contribution is 2.28. The van der Waals surface area contributed by atoms with E-state index in [0.717, 1.165) is 19.6 Å². The molecule has 1 aromatic rings. The van der Waals surface area contributed by atoms with E-state index in [9.17, 15) is 13.2 Å².